The topological polar surface area (TPSA) is 50.4 Å². The number of nitrogens with one attached hydrogen (secondary N) is 2. The molecule has 2 fully saturated rings. The monoisotopic (exact) mass is 330 g/mol. The van der Waals surface area contributed by atoms with E-state index in [4.69, 9.17) is 4.74 Å². The third kappa shape index (κ3) is 4.97. The second-order valence-electron chi connectivity index (χ2n) is 8.28. The molecule has 3 rings (SSSR count). The number of amides is 1. The summed E-state index contributed by atoms with van der Waals surface area (Å²) in [5.74, 6) is 0.678. The summed E-state index contributed by atoms with van der Waals surface area (Å²) in [6.45, 7) is 5.90. The van der Waals surface area contributed by atoms with E-state index in [2.05, 4.69) is 41.0 Å². The highest BCUT2D eigenvalue weighted by molar-refractivity contribution is 5.68. The molecule has 2 aliphatic carbocycles. The molecule has 0 saturated heterocycles. The second-order valence-corrected chi connectivity index (χ2v) is 8.28. The number of hydrogen-bond acceptors (Lipinski definition) is 3. The Balaban J connectivity index is 1.37. The molecular weight excluding hydrogens is 300 g/mol. The molecule has 1 aromatic carbocycles. The number of hydrogen-bond donors (Lipinski definition) is 2. The third-order valence-corrected chi connectivity index (χ3v) is 4.89. The fourth-order valence-corrected chi connectivity index (χ4v) is 3.58. The smallest absolute Gasteiger partial charge is 0.407 e. The molecule has 2 aliphatic rings. The summed E-state index contributed by atoms with van der Waals surface area (Å²) in [7, 11) is 0. The number of rotatable bonds is 4. The standard InChI is InChI=1S/C20H30N2O2/c1-20(2,3)22-19(23)24-16-11-9-15(10-12-16)21-18-13-17(18)14-7-5-4-6-8-14/h4-8,15-18,21H,9-13H2,1-3H3,(H,22,23)/t15?,16?,17-,18+/m0/s1. The Kier molecular flexibility index (Phi) is 5.14. The quantitative estimate of drug-likeness (QED) is 0.878. The van der Waals surface area contributed by atoms with E-state index in [1.807, 2.05) is 20.8 Å². The average molecular weight is 330 g/mol. The molecule has 0 bridgehead atoms. The van der Waals surface area contributed by atoms with E-state index in [9.17, 15) is 4.79 Å². The summed E-state index contributed by atoms with van der Waals surface area (Å²) in [6, 6.07) is 12.0. The lowest BCUT2D eigenvalue weighted by atomic mass is 9.93. The van der Waals surface area contributed by atoms with Crippen molar-refractivity contribution in [1.29, 1.82) is 0 Å². The second kappa shape index (κ2) is 7.14. The molecule has 24 heavy (non-hydrogen) atoms. The fourth-order valence-electron chi connectivity index (χ4n) is 3.58. The van der Waals surface area contributed by atoms with Gasteiger partial charge in [0.2, 0.25) is 0 Å². The van der Waals surface area contributed by atoms with Crippen LogP contribution >= 0.6 is 0 Å². The van der Waals surface area contributed by atoms with Crippen molar-refractivity contribution < 1.29 is 9.53 Å². The van der Waals surface area contributed by atoms with E-state index < -0.39 is 0 Å². The fraction of sp³-hybridized carbons (Fsp3) is 0.650. The zero-order chi connectivity index (χ0) is 17.2. The molecular formula is C20H30N2O2. The number of ether oxygens (including phenoxy) is 1. The Morgan fingerprint density at radius 1 is 1.08 bits per heavy atom. The Bertz CT molecular complexity index is 545. The van der Waals surface area contributed by atoms with Gasteiger partial charge in [0.1, 0.15) is 6.10 Å². The highest BCUT2D eigenvalue weighted by Crippen LogP contribution is 2.41. The lowest BCUT2D eigenvalue weighted by molar-refractivity contribution is 0.0639. The number of carbonyl (C=O) groups excluding carboxylic acids is 1. The number of alkyl carbamates (subject to hydrolysis) is 1. The van der Waals surface area contributed by atoms with Crippen molar-refractivity contribution in [3.8, 4) is 0 Å². The van der Waals surface area contributed by atoms with E-state index in [0.29, 0.717) is 18.0 Å². The van der Waals surface area contributed by atoms with Crippen molar-refractivity contribution in [2.24, 2.45) is 0 Å². The molecule has 0 aliphatic heterocycles. The van der Waals surface area contributed by atoms with Crippen molar-refractivity contribution in [1.82, 2.24) is 10.6 Å². The van der Waals surface area contributed by atoms with Crippen LogP contribution in [0, 0.1) is 0 Å². The summed E-state index contributed by atoms with van der Waals surface area (Å²) in [6.07, 6.45) is 5.11. The Morgan fingerprint density at radius 2 is 1.75 bits per heavy atom. The van der Waals surface area contributed by atoms with Crippen molar-refractivity contribution in [3.05, 3.63) is 35.9 Å². The van der Waals surface area contributed by atoms with E-state index in [1.165, 1.54) is 12.0 Å². The molecule has 4 nitrogen and oxygen atoms in total. The van der Waals surface area contributed by atoms with E-state index >= 15 is 0 Å². The molecule has 1 amide bonds. The minimum Gasteiger partial charge on any atom is -0.446 e. The lowest BCUT2D eigenvalue weighted by Crippen LogP contribution is -2.43. The highest BCUT2D eigenvalue weighted by atomic mass is 16.6. The van der Waals surface area contributed by atoms with Gasteiger partial charge in [0.05, 0.1) is 0 Å². The normalized spacial score (nSPS) is 29.8. The first-order valence-corrected chi connectivity index (χ1v) is 9.20. The Hall–Kier alpha value is -1.55. The van der Waals surface area contributed by atoms with Gasteiger partial charge in [-0.3, -0.25) is 0 Å². The molecule has 132 valence electrons. The summed E-state index contributed by atoms with van der Waals surface area (Å²) in [4.78, 5) is 11.8. The van der Waals surface area contributed by atoms with Crippen LogP contribution in [0.5, 0.6) is 0 Å². The highest BCUT2D eigenvalue weighted by Gasteiger charge is 2.40. The van der Waals surface area contributed by atoms with Gasteiger partial charge in [0.15, 0.2) is 0 Å². The molecule has 2 N–H and O–H groups in total. The van der Waals surface area contributed by atoms with Gasteiger partial charge in [0.25, 0.3) is 0 Å². The van der Waals surface area contributed by atoms with Crippen LogP contribution in [-0.4, -0.2) is 29.8 Å². The molecule has 4 heteroatoms. The van der Waals surface area contributed by atoms with E-state index in [1.54, 1.807) is 0 Å². The first kappa shape index (κ1) is 17.3. The predicted octanol–water partition coefficient (Wildman–Crippen LogP) is 3.97. The van der Waals surface area contributed by atoms with Crippen LogP contribution in [0.15, 0.2) is 30.3 Å². The van der Waals surface area contributed by atoms with Crippen LogP contribution in [0.3, 0.4) is 0 Å². The maximum Gasteiger partial charge on any atom is 0.407 e. The number of carbonyl (C=O) groups is 1. The van der Waals surface area contributed by atoms with Crippen LogP contribution in [0.4, 0.5) is 4.79 Å². The van der Waals surface area contributed by atoms with Gasteiger partial charge in [-0.25, -0.2) is 4.79 Å². The molecule has 0 heterocycles. The van der Waals surface area contributed by atoms with Gasteiger partial charge in [-0.2, -0.15) is 0 Å². The van der Waals surface area contributed by atoms with Gasteiger partial charge in [0, 0.05) is 23.5 Å². The van der Waals surface area contributed by atoms with Crippen molar-refractivity contribution >= 4 is 6.09 Å². The molecule has 0 unspecified atom stereocenters. The maximum absolute atomic E-state index is 11.8. The predicted molar refractivity (Wildman–Crippen MR) is 96.1 cm³/mol. The van der Waals surface area contributed by atoms with Crippen molar-refractivity contribution in [2.75, 3.05) is 0 Å². The molecule has 0 aromatic heterocycles. The first-order valence-electron chi connectivity index (χ1n) is 9.20. The summed E-state index contributed by atoms with van der Waals surface area (Å²) in [5.41, 5.74) is 1.21. The molecule has 2 atom stereocenters. The summed E-state index contributed by atoms with van der Waals surface area (Å²) < 4.78 is 5.55. The largest absolute Gasteiger partial charge is 0.446 e. The van der Waals surface area contributed by atoms with Crippen LogP contribution in [0.1, 0.15) is 64.4 Å². The minimum absolute atomic E-state index is 0.0644. The molecule has 1 aromatic rings. The van der Waals surface area contributed by atoms with Gasteiger partial charge >= 0.3 is 6.09 Å². The van der Waals surface area contributed by atoms with Gasteiger partial charge < -0.3 is 15.4 Å². The summed E-state index contributed by atoms with van der Waals surface area (Å²) in [5, 5.41) is 6.66. The average Bonchev–Trinajstić information content (AvgIpc) is 3.27. The van der Waals surface area contributed by atoms with E-state index in [-0.39, 0.29) is 17.7 Å². The zero-order valence-corrected chi connectivity index (χ0v) is 15.0. The van der Waals surface area contributed by atoms with Crippen LogP contribution in [0.2, 0.25) is 0 Å². The van der Waals surface area contributed by atoms with E-state index in [0.717, 1.165) is 25.7 Å². The number of benzene rings is 1. The third-order valence-electron chi connectivity index (χ3n) is 4.89. The Morgan fingerprint density at radius 3 is 2.38 bits per heavy atom. The first-order chi connectivity index (χ1) is 11.4. The van der Waals surface area contributed by atoms with Crippen LogP contribution in [-0.2, 0) is 4.74 Å². The van der Waals surface area contributed by atoms with Crippen LogP contribution in [0.25, 0.3) is 0 Å². The molecule has 2 saturated carbocycles. The Labute approximate surface area is 145 Å². The van der Waals surface area contributed by atoms with Gasteiger partial charge in [-0.15, -0.1) is 0 Å². The minimum atomic E-state index is -0.287. The lowest BCUT2D eigenvalue weighted by Gasteiger charge is -2.30. The van der Waals surface area contributed by atoms with Gasteiger partial charge in [-0.1, -0.05) is 30.3 Å². The van der Waals surface area contributed by atoms with Gasteiger partial charge in [-0.05, 0) is 58.4 Å². The summed E-state index contributed by atoms with van der Waals surface area (Å²) >= 11 is 0. The van der Waals surface area contributed by atoms with Crippen molar-refractivity contribution in [3.63, 3.8) is 0 Å². The SMILES string of the molecule is CC(C)(C)NC(=O)OC1CCC(N[C@@H]2C[C@H]2c2ccccc2)CC1. The van der Waals surface area contributed by atoms with Crippen molar-refractivity contribution in [2.45, 2.75) is 82.5 Å². The maximum atomic E-state index is 11.8. The zero-order valence-electron chi connectivity index (χ0n) is 15.0. The molecule has 0 radical (unpaired) electrons. The van der Waals surface area contributed by atoms with Crippen LogP contribution < -0.4 is 10.6 Å². The molecule has 0 spiro atoms.